The van der Waals surface area contributed by atoms with E-state index in [4.69, 9.17) is 9.97 Å². The number of hydrogen-bond donors (Lipinski definition) is 0. The molecule has 1 aromatic heterocycles. The highest BCUT2D eigenvalue weighted by Gasteiger charge is 2.24. The first kappa shape index (κ1) is 23.2. The van der Waals surface area contributed by atoms with Gasteiger partial charge in [-0.05, 0) is 55.2 Å². The van der Waals surface area contributed by atoms with Gasteiger partial charge in [-0.15, -0.1) is 0 Å². The van der Waals surface area contributed by atoms with Gasteiger partial charge < -0.3 is 0 Å². The molecule has 0 amide bonds. The summed E-state index contributed by atoms with van der Waals surface area (Å²) in [7, 11) is -1.50. The van der Waals surface area contributed by atoms with E-state index in [1.54, 1.807) is 5.19 Å². The van der Waals surface area contributed by atoms with E-state index in [0.717, 1.165) is 23.0 Å². The first-order valence-electron chi connectivity index (χ1n) is 13.0. The number of aryl methyl sites for hydroxylation is 2. The second-order valence-corrected chi connectivity index (χ2v) is 16.7. The number of aromatic nitrogens is 2. The van der Waals surface area contributed by atoms with Crippen molar-refractivity contribution < 1.29 is 0 Å². The summed E-state index contributed by atoms with van der Waals surface area (Å²) in [6.45, 7) is 16.3. The van der Waals surface area contributed by atoms with Crippen LogP contribution >= 0.6 is 0 Å². The van der Waals surface area contributed by atoms with Gasteiger partial charge in [0.1, 0.15) is 5.82 Å². The second kappa shape index (κ2) is 8.60. The Balaban J connectivity index is 1.78. The molecule has 0 atom stereocenters. The van der Waals surface area contributed by atoms with Crippen LogP contribution in [0.5, 0.6) is 0 Å². The van der Waals surface area contributed by atoms with Crippen molar-refractivity contribution in [2.75, 3.05) is 0 Å². The third-order valence-corrected chi connectivity index (χ3v) is 9.98. The fourth-order valence-electron chi connectivity index (χ4n) is 6.27. The van der Waals surface area contributed by atoms with E-state index in [1.165, 1.54) is 64.1 Å². The number of fused-ring (bicyclic) bond motifs is 3. The molecule has 2 nitrogen and oxygen atoms in total. The van der Waals surface area contributed by atoms with Gasteiger partial charge in [-0.3, -0.25) is 0 Å². The van der Waals surface area contributed by atoms with Crippen LogP contribution in [0.25, 0.3) is 32.9 Å². The Morgan fingerprint density at radius 2 is 1.56 bits per heavy atom. The average molecular weight is 467 g/mol. The van der Waals surface area contributed by atoms with Gasteiger partial charge in [0.25, 0.3) is 0 Å². The molecule has 1 aliphatic carbocycles. The van der Waals surface area contributed by atoms with Crippen molar-refractivity contribution in [3.63, 3.8) is 0 Å². The van der Waals surface area contributed by atoms with Gasteiger partial charge in [0.2, 0.25) is 0 Å². The van der Waals surface area contributed by atoms with Crippen molar-refractivity contribution in [2.45, 2.75) is 84.9 Å². The van der Waals surface area contributed by atoms with Crippen LogP contribution in [0, 0.1) is 13.8 Å². The normalized spacial score (nSPS) is 15.2. The first-order chi connectivity index (χ1) is 16.1. The Morgan fingerprint density at radius 1 is 0.882 bits per heavy atom. The fraction of sp³-hybridized carbons (Fsp3) is 0.419. The Morgan fingerprint density at radius 3 is 2.18 bits per heavy atom. The Bertz CT molecular complexity index is 1370. The molecule has 34 heavy (non-hydrogen) atoms. The molecule has 0 unspecified atom stereocenters. The molecule has 1 fully saturated rings. The van der Waals surface area contributed by atoms with Crippen molar-refractivity contribution in [1.29, 1.82) is 0 Å². The molecule has 3 aromatic carbocycles. The summed E-state index contributed by atoms with van der Waals surface area (Å²) in [6, 6.07) is 16.2. The summed E-state index contributed by atoms with van der Waals surface area (Å²) in [5.74, 6) is 1.94. The highest BCUT2D eigenvalue weighted by atomic mass is 28.3. The van der Waals surface area contributed by atoms with Crippen LogP contribution in [-0.4, -0.2) is 18.0 Å². The van der Waals surface area contributed by atoms with Gasteiger partial charge in [0.15, 0.2) is 0 Å². The molecule has 0 bridgehead atoms. The van der Waals surface area contributed by atoms with Gasteiger partial charge in [-0.1, -0.05) is 93.5 Å². The molecular formula is C31H38N2Si. The van der Waals surface area contributed by atoms with E-state index in [2.05, 4.69) is 89.8 Å². The van der Waals surface area contributed by atoms with Crippen molar-refractivity contribution in [3.05, 3.63) is 65.0 Å². The lowest BCUT2D eigenvalue weighted by atomic mass is 9.94. The number of hydrogen-bond acceptors (Lipinski definition) is 2. The summed E-state index contributed by atoms with van der Waals surface area (Å²) in [4.78, 5) is 10.3. The van der Waals surface area contributed by atoms with E-state index in [0.29, 0.717) is 0 Å². The molecule has 1 saturated carbocycles. The molecule has 0 saturated heterocycles. The maximum absolute atomic E-state index is 5.19. The topological polar surface area (TPSA) is 25.8 Å². The molecule has 0 spiro atoms. The van der Waals surface area contributed by atoms with Crippen LogP contribution in [0.4, 0.5) is 0 Å². The summed E-state index contributed by atoms with van der Waals surface area (Å²) in [6.07, 6.45) is 5.40. The lowest BCUT2D eigenvalue weighted by Gasteiger charge is -2.24. The summed E-state index contributed by atoms with van der Waals surface area (Å²) < 4.78 is 0. The third-order valence-electron chi connectivity index (χ3n) is 7.71. The molecule has 176 valence electrons. The summed E-state index contributed by atoms with van der Waals surface area (Å²) in [5.41, 5.74) is 7.71. The van der Waals surface area contributed by atoms with Gasteiger partial charge in [-0.2, -0.15) is 0 Å². The smallest absolute Gasteiger partial charge is 0.132 e. The molecular weight excluding hydrogens is 428 g/mol. The molecule has 3 heteroatoms. The van der Waals surface area contributed by atoms with E-state index in [9.17, 15) is 0 Å². The quantitative estimate of drug-likeness (QED) is 0.223. The molecule has 1 heterocycles. The van der Waals surface area contributed by atoms with Crippen molar-refractivity contribution >= 4 is 34.9 Å². The number of rotatable bonds is 4. The minimum atomic E-state index is -1.50. The largest absolute Gasteiger partial charge is 0.232 e. The van der Waals surface area contributed by atoms with Crippen LogP contribution in [0.3, 0.4) is 0 Å². The highest BCUT2D eigenvalue weighted by Crippen LogP contribution is 2.37. The lowest BCUT2D eigenvalue weighted by molar-refractivity contribution is 0.723. The molecule has 4 aromatic rings. The van der Waals surface area contributed by atoms with Crippen LogP contribution in [-0.2, 0) is 0 Å². The van der Waals surface area contributed by atoms with Crippen LogP contribution in [0.15, 0.2) is 42.5 Å². The first-order valence-corrected chi connectivity index (χ1v) is 16.5. The van der Waals surface area contributed by atoms with E-state index in [1.807, 2.05) is 0 Å². The number of benzene rings is 3. The molecule has 5 rings (SSSR count). The zero-order valence-corrected chi connectivity index (χ0v) is 22.9. The summed E-state index contributed by atoms with van der Waals surface area (Å²) in [5, 5.41) is 5.34. The standard InChI is InChI=1S/C31H38N2Si/c1-19(2)31-32-28(24-14-12-23(13-15-24)22-10-8-9-11-22)26-17-16-25-18-20(3)30(34(5,6)7)21(4)27(25)29(26)33-31/h12-19,22H,8-11H2,1-7H3. The zero-order valence-electron chi connectivity index (χ0n) is 21.9. The highest BCUT2D eigenvalue weighted by molar-refractivity contribution is 6.89. The lowest BCUT2D eigenvalue weighted by Crippen LogP contribution is -2.41. The Kier molecular flexibility index (Phi) is 5.88. The Hall–Kier alpha value is -2.52. The summed E-state index contributed by atoms with van der Waals surface area (Å²) >= 11 is 0. The predicted molar refractivity (Wildman–Crippen MR) is 150 cm³/mol. The number of nitrogens with zero attached hydrogens (tertiary/aromatic N) is 2. The maximum Gasteiger partial charge on any atom is 0.132 e. The predicted octanol–water partition coefficient (Wildman–Crippen LogP) is 8.39. The van der Waals surface area contributed by atoms with E-state index in [-0.39, 0.29) is 5.92 Å². The SMILES string of the molecule is Cc1cc2ccc3c(-c4ccc(C5CCCC5)cc4)nc(C(C)C)nc3c2c(C)c1[Si](C)(C)C. The molecule has 1 aliphatic rings. The minimum absolute atomic E-state index is 0.276. The van der Waals surface area contributed by atoms with Gasteiger partial charge in [0.05, 0.1) is 19.3 Å². The second-order valence-electron chi connectivity index (χ2n) is 11.7. The van der Waals surface area contributed by atoms with E-state index < -0.39 is 8.07 Å². The van der Waals surface area contributed by atoms with Crippen molar-refractivity contribution in [1.82, 2.24) is 9.97 Å². The molecule has 0 radical (unpaired) electrons. The van der Waals surface area contributed by atoms with Gasteiger partial charge >= 0.3 is 0 Å². The third kappa shape index (κ3) is 3.98. The van der Waals surface area contributed by atoms with Crippen molar-refractivity contribution in [2.24, 2.45) is 0 Å². The van der Waals surface area contributed by atoms with Crippen LogP contribution in [0.1, 0.15) is 73.9 Å². The van der Waals surface area contributed by atoms with Crippen molar-refractivity contribution in [3.8, 4) is 11.3 Å². The minimum Gasteiger partial charge on any atom is -0.232 e. The van der Waals surface area contributed by atoms with Gasteiger partial charge in [0, 0.05) is 22.3 Å². The molecule has 0 N–H and O–H groups in total. The Labute approximate surface area is 205 Å². The van der Waals surface area contributed by atoms with Crippen LogP contribution in [0.2, 0.25) is 19.6 Å². The van der Waals surface area contributed by atoms with Gasteiger partial charge in [-0.25, -0.2) is 9.97 Å². The zero-order chi connectivity index (χ0) is 24.2. The van der Waals surface area contributed by atoms with Crippen LogP contribution < -0.4 is 5.19 Å². The molecule has 0 aliphatic heterocycles. The van der Waals surface area contributed by atoms with E-state index >= 15 is 0 Å². The maximum atomic E-state index is 5.19. The monoisotopic (exact) mass is 466 g/mol. The average Bonchev–Trinajstić information content (AvgIpc) is 3.32. The fourth-order valence-corrected chi connectivity index (χ4v) is 8.78.